The standard InChI is InChI=1S/C20H23NO/c1-5-6-7-8-17-11-19-12-18(9-14(2)16(4)22)10-15(3)20(19)21-13-17/h10-14H,5-6,9H2,1-4H3. The van der Waals surface area contributed by atoms with Crippen LogP contribution in [-0.4, -0.2) is 10.8 Å². The SMILES string of the molecule is CCCC#Cc1cnc2c(C)cc(CC(C)C(C)=O)cc2c1. The lowest BCUT2D eigenvalue weighted by Gasteiger charge is -2.10. The molecule has 0 saturated carbocycles. The number of unbranched alkanes of at least 4 members (excludes halogenated alkanes) is 1. The minimum atomic E-state index is 0.0531. The van der Waals surface area contributed by atoms with Gasteiger partial charge in [0, 0.05) is 29.5 Å². The molecule has 2 aromatic rings. The second-order valence-electron chi connectivity index (χ2n) is 5.98. The minimum absolute atomic E-state index is 0.0531. The van der Waals surface area contributed by atoms with Gasteiger partial charge in [-0.15, -0.1) is 0 Å². The highest BCUT2D eigenvalue weighted by Gasteiger charge is 2.10. The van der Waals surface area contributed by atoms with Crippen LogP contribution >= 0.6 is 0 Å². The first kappa shape index (κ1) is 16.2. The summed E-state index contributed by atoms with van der Waals surface area (Å²) >= 11 is 0. The first-order valence-electron chi connectivity index (χ1n) is 7.90. The third-order valence-electron chi connectivity index (χ3n) is 3.88. The summed E-state index contributed by atoms with van der Waals surface area (Å²) in [5.41, 5.74) is 4.31. The van der Waals surface area contributed by atoms with Crippen LogP contribution in [0.3, 0.4) is 0 Å². The number of hydrogen-bond donors (Lipinski definition) is 0. The zero-order valence-electron chi connectivity index (χ0n) is 13.9. The summed E-state index contributed by atoms with van der Waals surface area (Å²) < 4.78 is 0. The van der Waals surface area contributed by atoms with Gasteiger partial charge in [-0.1, -0.05) is 31.8 Å². The molecule has 1 aromatic heterocycles. The number of ketones is 1. The lowest BCUT2D eigenvalue weighted by Crippen LogP contribution is -2.09. The molecule has 2 heteroatoms. The van der Waals surface area contributed by atoms with E-state index in [4.69, 9.17) is 0 Å². The molecule has 1 atom stereocenters. The molecular formula is C20H23NO. The molecule has 0 N–H and O–H groups in total. The number of nitrogens with zero attached hydrogens (tertiary/aromatic N) is 1. The van der Waals surface area contributed by atoms with Crippen LogP contribution in [0.5, 0.6) is 0 Å². The molecule has 0 bridgehead atoms. The van der Waals surface area contributed by atoms with Crippen molar-refractivity contribution in [2.45, 2.75) is 47.0 Å². The molecule has 0 aliphatic rings. The zero-order valence-corrected chi connectivity index (χ0v) is 13.9. The van der Waals surface area contributed by atoms with E-state index < -0.39 is 0 Å². The van der Waals surface area contributed by atoms with E-state index in [1.807, 2.05) is 13.1 Å². The van der Waals surface area contributed by atoms with E-state index in [1.54, 1.807) is 6.92 Å². The normalized spacial score (nSPS) is 11.8. The average Bonchev–Trinajstić information content (AvgIpc) is 2.47. The predicted molar refractivity (Wildman–Crippen MR) is 91.8 cm³/mol. The van der Waals surface area contributed by atoms with Crippen LogP contribution in [-0.2, 0) is 11.2 Å². The second-order valence-corrected chi connectivity index (χ2v) is 5.98. The summed E-state index contributed by atoms with van der Waals surface area (Å²) in [5, 5.41) is 1.11. The monoisotopic (exact) mass is 293 g/mol. The topological polar surface area (TPSA) is 30.0 Å². The molecule has 0 fully saturated rings. The number of rotatable bonds is 4. The molecule has 0 aliphatic carbocycles. The Balaban J connectivity index is 2.38. The van der Waals surface area contributed by atoms with Gasteiger partial charge in [0.25, 0.3) is 0 Å². The summed E-state index contributed by atoms with van der Waals surface area (Å²) in [4.78, 5) is 16.0. The molecule has 0 saturated heterocycles. The third-order valence-corrected chi connectivity index (χ3v) is 3.88. The molecule has 1 aromatic carbocycles. The fourth-order valence-electron chi connectivity index (χ4n) is 2.48. The number of carbonyl (C=O) groups is 1. The van der Waals surface area contributed by atoms with E-state index in [0.717, 1.165) is 41.3 Å². The molecule has 0 aliphatic heterocycles. The maximum Gasteiger partial charge on any atom is 0.132 e. The average molecular weight is 293 g/mol. The molecule has 1 heterocycles. The highest BCUT2D eigenvalue weighted by molar-refractivity contribution is 5.84. The smallest absolute Gasteiger partial charge is 0.132 e. The Morgan fingerprint density at radius 1 is 1.32 bits per heavy atom. The van der Waals surface area contributed by atoms with Gasteiger partial charge in [0.15, 0.2) is 0 Å². The van der Waals surface area contributed by atoms with Crippen LogP contribution in [0.4, 0.5) is 0 Å². The van der Waals surface area contributed by atoms with Gasteiger partial charge in [0.1, 0.15) is 5.78 Å². The van der Waals surface area contributed by atoms with Crippen molar-refractivity contribution in [3.05, 3.63) is 41.1 Å². The number of pyridine rings is 1. The first-order valence-corrected chi connectivity index (χ1v) is 7.90. The van der Waals surface area contributed by atoms with Crippen molar-refractivity contribution in [2.75, 3.05) is 0 Å². The Labute approximate surface area is 133 Å². The molecule has 0 radical (unpaired) electrons. The van der Waals surface area contributed by atoms with Gasteiger partial charge >= 0.3 is 0 Å². The molecule has 22 heavy (non-hydrogen) atoms. The number of aromatic nitrogens is 1. The van der Waals surface area contributed by atoms with Gasteiger partial charge < -0.3 is 0 Å². The van der Waals surface area contributed by atoms with E-state index in [0.29, 0.717) is 0 Å². The largest absolute Gasteiger partial charge is 0.300 e. The quantitative estimate of drug-likeness (QED) is 0.779. The Morgan fingerprint density at radius 3 is 2.77 bits per heavy atom. The van der Waals surface area contributed by atoms with Crippen molar-refractivity contribution < 1.29 is 4.79 Å². The number of carbonyl (C=O) groups excluding carboxylic acids is 1. The molecule has 0 spiro atoms. The molecule has 0 amide bonds. The van der Waals surface area contributed by atoms with Crippen LogP contribution in [0, 0.1) is 24.7 Å². The fourth-order valence-corrected chi connectivity index (χ4v) is 2.48. The minimum Gasteiger partial charge on any atom is -0.300 e. The molecule has 2 rings (SSSR count). The van der Waals surface area contributed by atoms with E-state index in [9.17, 15) is 4.79 Å². The maximum atomic E-state index is 11.5. The van der Waals surface area contributed by atoms with Gasteiger partial charge in [-0.25, -0.2) is 0 Å². The van der Waals surface area contributed by atoms with Crippen molar-refractivity contribution in [3.8, 4) is 11.8 Å². The predicted octanol–water partition coefficient (Wildman–Crippen LogP) is 4.46. The zero-order chi connectivity index (χ0) is 16.1. The Kier molecular flexibility index (Phi) is 5.33. The number of fused-ring (bicyclic) bond motifs is 1. The fraction of sp³-hybridized carbons (Fsp3) is 0.400. The van der Waals surface area contributed by atoms with E-state index >= 15 is 0 Å². The second kappa shape index (κ2) is 7.22. The Hall–Kier alpha value is -2.14. The number of Topliss-reactive ketones (excluding diaryl/α,β-unsaturated/α-hetero) is 1. The first-order chi connectivity index (χ1) is 10.5. The molecular weight excluding hydrogens is 270 g/mol. The summed E-state index contributed by atoms with van der Waals surface area (Å²) in [7, 11) is 0. The summed E-state index contributed by atoms with van der Waals surface area (Å²) in [6, 6.07) is 6.37. The Morgan fingerprint density at radius 2 is 2.09 bits per heavy atom. The van der Waals surface area contributed by atoms with Gasteiger partial charge in [-0.05, 0) is 49.9 Å². The number of hydrogen-bond acceptors (Lipinski definition) is 2. The molecule has 2 nitrogen and oxygen atoms in total. The summed E-state index contributed by atoms with van der Waals surface area (Å²) in [6.45, 7) is 7.83. The van der Waals surface area contributed by atoms with Gasteiger partial charge in [0.05, 0.1) is 5.52 Å². The summed E-state index contributed by atoms with van der Waals surface area (Å²) in [5.74, 6) is 6.61. The van der Waals surface area contributed by atoms with Crippen LogP contribution in [0.2, 0.25) is 0 Å². The highest BCUT2D eigenvalue weighted by Crippen LogP contribution is 2.21. The van der Waals surface area contributed by atoms with Crippen molar-refractivity contribution in [2.24, 2.45) is 5.92 Å². The van der Waals surface area contributed by atoms with Crippen molar-refractivity contribution in [1.29, 1.82) is 0 Å². The van der Waals surface area contributed by atoms with Crippen LogP contribution in [0.1, 0.15) is 50.3 Å². The number of benzene rings is 1. The van der Waals surface area contributed by atoms with Crippen molar-refractivity contribution in [3.63, 3.8) is 0 Å². The third kappa shape index (κ3) is 3.95. The van der Waals surface area contributed by atoms with Crippen molar-refractivity contribution >= 4 is 16.7 Å². The van der Waals surface area contributed by atoms with E-state index in [1.165, 1.54) is 5.56 Å². The van der Waals surface area contributed by atoms with Crippen molar-refractivity contribution in [1.82, 2.24) is 4.98 Å². The highest BCUT2D eigenvalue weighted by atomic mass is 16.1. The van der Waals surface area contributed by atoms with Gasteiger partial charge in [0.2, 0.25) is 0 Å². The van der Waals surface area contributed by atoms with E-state index in [2.05, 4.69) is 48.9 Å². The lowest BCUT2D eigenvalue weighted by molar-refractivity contribution is -0.120. The molecule has 1 unspecified atom stereocenters. The van der Waals surface area contributed by atoms with Gasteiger partial charge in [-0.2, -0.15) is 0 Å². The van der Waals surface area contributed by atoms with Crippen LogP contribution in [0.25, 0.3) is 10.9 Å². The van der Waals surface area contributed by atoms with Crippen LogP contribution < -0.4 is 0 Å². The molecule has 114 valence electrons. The Bertz CT molecular complexity index is 749. The maximum absolute atomic E-state index is 11.5. The van der Waals surface area contributed by atoms with E-state index in [-0.39, 0.29) is 11.7 Å². The summed E-state index contributed by atoms with van der Waals surface area (Å²) in [6.07, 6.45) is 4.60. The van der Waals surface area contributed by atoms with Gasteiger partial charge in [-0.3, -0.25) is 9.78 Å². The van der Waals surface area contributed by atoms with Crippen LogP contribution in [0.15, 0.2) is 24.4 Å². The number of aryl methyl sites for hydroxylation is 1. The lowest BCUT2D eigenvalue weighted by atomic mass is 9.95.